The van der Waals surface area contributed by atoms with E-state index < -0.39 is 0 Å². The second-order valence-electron chi connectivity index (χ2n) is 6.42. The molecule has 1 aromatic carbocycles. The predicted molar refractivity (Wildman–Crippen MR) is 108 cm³/mol. The van der Waals surface area contributed by atoms with E-state index in [-0.39, 0.29) is 37.1 Å². The SMILES string of the molecule is Cc1oc(-c2ccccc2)nc1CC(=O)NCCC1CCCNC1.Cl.Cl. The van der Waals surface area contributed by atoms with Crippen molar-refractivity contribution in [2.45, 2.75) is 32.6 Å². The summed E-state index contributed by atoms with van der Waals surface area (Å²) in [5.74, 6) is 1.97. The number of carbonyl (C=O) groups is 1. The molecule has 5 nitrogen and oxygen atoms in total. The van der Waals surface area contributed by atoms with Crippen molar-refractivity contribution in [1.29, 1.82) is 0 Å². The average Bonchev–Trinajstić information content (AvgIpc) is 2.97. The van der Waals surface area contributed by atoms with Gasteiger partial charge in [0, 0.05) is 12.1 Å². The Hall–Kier alpha value is -1.56. The lowest BCUT2D eigenvalue weighted by atomic mass is 9.96. The summed E-state index contributed by atoms with van der Waals surface area (Å²) in [5, 5.41) is 6.41. The van der Waals surface area contributed by atoms with Crippen molar-refractivity contribution in [1.82, 2.24) is 15.6 Å². The number of amides is 1. The lowest BCUT2D eigenvalue weighted by Crippen LogP contribution is -2.33. The molecule has 144 valence electrons. The third-order valence-corrected chi connectivity index (χ3v) is 4.52. The first kappa shape index (κ1) is 22.5. The third kappa shape index (κ3) is 6.31. The van der Waals surface area contributed by atoms with Crippen molar-refractivity contribution in [2.24, 2.45) is 5.92 Å². The molecule has 1 aromatic heterocycles. The van der Waals surface area contributed by atoms with E-state index in [2.05, 4.69) is 15.6 Å². The highest BCUT2D eigenvalue weighted by Gasteiger charge is 2.16. The van der Waals surface area contributed by atoms with Gasteiger partial charge >= 0.3 is 0 Å². The van der Waals surface area contributed by atoms with Crippen LogP contribution in [0.25, 0.3) is 11.5 Å². The monoisotopic (exact) mass is 399 g/mol. The Bertz CT molecular complexity index is 671. The van der Waals surface area contributed by atoms with Crippen molar-refractivity contribution in [3.05, 3.63) is 41.8 Å². The van der Waals surface area contributed by atoms with Crippen molar-refractivity contribution < 1.29 is 9.21 Å². The maximum absolute atomic E-state index is 12.1. The maximum Gasteiger partial charge on any atom is 0.226 e. The minimum Gasteiger partial charge on any atom is -0.441 e. The van der Waals surface area contributed by atoms with E-state index >= 15 is 0 Å². The summed E-state index contributed by atoms with van der Waals surface area (Å²) < 4.78 is 5.70. The Labute approximate surface area is 167 Å². The summed E-state index contributed by atoms with van der Waals surface area (Å²) in [6.45, 7) is 4.78. The van der Waals surface area contributed by atoms with Crippen LogP contribution in [0.1, 0.15) is 30.7 Å². The van der Waals surface area contributed by atoms with Crippen LogP contribution in [0.2, 0.25) is 0 Å². The fraction of sp³-hybridized carbons (Fsp3) is 0.474. The second-order valence-corrected chi connectivity index (χ2v) is 6.42. The van der Waals surface area contributed by atoms with Gasteiger partial charge in [0.2, 0.25) is 11.8 Å². The lowest BCUT2D eigenvalue weighted by Gasteiger charge is -2.22. The number of hydrogen-bond donors (Lipinski definition) is 2. The Morgan fingerprint density at radius 2 is 2.08 bits per heavy atom. The topological polar surface area (TPSA) is 67.2 Å². The molecule has 3 rings (SSSR count). The number of piperidine rings is 1. The zero-order valence-electron chi connectivity index (χ0n) is 15.0. The number of hydrogen-bond acceptors (Lipinski definition) is 4. The summed E-state index contributed by atoms with van der Waals surface area (Å²) in [6, 6.07) is 9.75. The molecule has 26 heavy (non-hydrogen) atoms. The van der Waals surface area contributed by atoms with Gasteiger partial charge in [0.1, 0.15) is 5.76 Å². The Morgan fingerprint density at radius 3 is 2.77 bits per heavy atom. The van der Waals surface area contributed by atoms with E-state index in [1.807, 2.05) is 37.3 Å². The Kier molecular flexibility index (Phi) is 9.70. The van der Waals surface area contributed by atoms with Gasteiger partial charge in [0.25, 0.3) is 0 Å². The number of oxazole rings is 1. The largest absolute Gasteiger partial charge is 0.441 e. The number of aromatic nitrogens is 1. The molecule has 2 aromatic rings. The first-order valence-electron chi connectivity index (χ1n) is 8.71. The molecule has 0 spiro atoms. The summed E-state index contributed by atoms with van der Waals surface area (Å²) in [4.78, 5) is 16.6. The number of halogens is 2. The third-order valence-electron chi connectivity index (χ3n) is 4.52. The number of aryl methyl sites for hydroxylation is 1. The Morgan fingerprint density at radius 1 is 1.31 bits per heavy atom. The summed E-state index contributed by atoms with van der Waals surface area (Å²) >= 11 is 0. The van der Waals surface area contributed by atoms with Gasteiger partial charge in [0.15, 0.2) is 0 Å². The fourth-order valence-electron chi connectivity index (χ4n) is 3.10. The van der Waals surface area contributed by atoms with Crippen LogP contribution in [0.15, 0.2) is 34.7 Å². The summed E-state index contributed by atoms with van der Waals surface area (Å²) in [6.07, 6.45) is 3.79. The lowest BCUT2D eigenvalue weighted by molar-refractivity contribution is -0.120. The van der Waals surface area contributed by atoms with Gasteiger partial charge in [-0.05, 0) is 57.3 Å². The van der Waals surface area contributed by atoms with Gasteiger partial charge in [-0.2, -0.15) is 0 Å². The van der Waals surface area contributed by atoms with Gasteiger partial charge in [-0.15, -0.1) is 24.8 Å². The van der Waals surface area contributed by atoms with Crippen molar-refractivity contribution in [3.8, 4) is 11.5 Å². The highest BCUT2D eigenvalue weighted by atomic mass is 35.5. The van der Waals surface area contributed by atoms with Gasteiger partial charge in [0.05, 0.1) is 12.1 Å². The van der Waals surface area contributed by atoms with Gasteiger partial charge in [-0.3, -0.25) is 4.79 Å². The molecule has 1 aliphatic heterocycles. The minimum atomic E-state index is 0. The molecule has 2 heterocycles. The zero-order chi connectivity index (χ0) is 16.8. The number of benzene rings is 1. The molecular formula is C19H27Cl2N3O2. The molecule has 1 atom stereocenters. The van der Waals surface area contributed by atoms with Crippen LogP contribution in [0.3, 0.4) is 0 Å². The van der Waals surface area contributed by atoms with Crippen molar-refractivity contribution in [3.63, 3.8) is 0 Å². The normalized spacial score (nSPS) is 16.3. The van der Waals surface area contributed by atoms with E-state index in [4.69, 9.17) is 4.42 Å². The van der Waals surface area contributed by atoms with Crippen molar-refractivity contribution >= 4 is 30.7 Å². The first-order chi connectivity index (χ1) is 11.7. The van der Waals surface area contributed by atoms with Gasteiger partial charge in [-0.1, -0.05) is 18.2 Å². The molecule has 1 amide bonds. The van der Waals surface area contributed by atoms with E-state index in [1.165, 1.54) is 12.8 Å². The number of nitrogens with zero attached hydrogens (tertiary/aromatic N) is 1. The van der Waals surface area contributed by atoms with Gasteiger partial charge in [-0.25, -0.2) is 4.98 Å². The molecule has 0 aliphatic carbocycles. The molecule has 2 N–H and O–H groups in total. The fourth-order valence-corrected chi connectivity index (χ4v) is 3.10. The second kappa shape index (κ2) is 11.2. The predicted octanol–water partition coefficient (Wildman–Crippen LogP) is 3.54. The number of carbonyl (C=O) groups excluding carboxylic acids is 1. The van der Waals surface area contributed by atoms with Crippen LogP contribution < -0.4 is 10.6 Å². The number of nitrogens with one attached hydrogen (secondary N) is 2. The first-order valence-corrected chi connectivity index (χ1v) is 8.71. The molecule has 0 bridgehead atoms. The van der Waals surface area contributed by atoms with Crippen LogP contribution in [-0.2, 0) is 11.2 Å². The van der Waals surface area contributed by atoms with E-state index in [0.29, 0.717) is 23.3 Å². The standard InChI is InChI=1S/C19H25N3O2.2ClH/c1-14-17(22-19(24-14)16-7-3-2-4-8-16)12-18(23)21-11-9-15-6-5-10-20-13-15;;/h2-4,7-8,15,20H,5-6,9-13H2,1H3,(H,21,23);2*1H. The van der Waals surface area contributed by atoms with Crippen molar-refractivity contribution in [2.75, 3.05) is 19.6 Å². The summed E-state index contributed by atoms with van der Waals surface area (Å²) in [7, 11) is 0. The highest BCUT2D eigenvalue weighted by Crippen LogP contribution is 2.21. The van der Waals surface area contributed by atoms with E-state index in [0.717, 1.165) is 31.6 Å². The maximum atomic E-state index is 12.1. The smallest absolute Gasteiger partial charge is 0.226 e. The van der Waals surface area contributed by atoms with Gasteiger partial charge < -0.3 is 15.1 Å². The van der Waals surface area contributed by atoms with Crippen LogP contribution >= 0.6 is 24.8 Å². The molecule has 0 radical (unpaired) electrons. The molecule has 1 saturated heterocycles. The molecule has 1 unspecified atom stereocenters. The minimum absolute atomic E-state index is 0. The van der Waals surface area contributed by atoms with Crippen LogP contribution in [0.5, 0.6) is 0 Å². The molecule has 1 aliphatic rings. The quantitative estimate of drug-likeness (QED) is 0.779. The molecule has 7 heteroatoms. The zero-order valence-corrected chi connectivity index (χ0v) is 16.6. The Balaban J connectivity index is 0.00000169. The van der Waals surface area contributed by atoms with Crippen LogP contribution in [0, 0.1) is 12.8 Å². The summed E-state index contributed by atoms with van der Waals surface area (Å²) in [5.41, 5.74) is 1.64. The van der Waals surface area contributed by atoms with Crippen LogP contribution in [0.4, 0.5) is 0 Å². The number of rotatable bonds is 6. The molecule has 1 fully saturated rings. The molecular weight excluding hydrogens is 373 g/mol. The van der Waals surface area contributed by atoms with E-state index in [9.17, 15) is 4.79 Å². The molecule has 0 saturated carbocycles. The highest BCUT2D eigenvalue weighted by molar-refractivity contribution is 5.85. The average molecular weight is 400 g/mol. The van der Waals surface area contributed by atoms with Crippen LogP contribution in [-0.4, -0.2) is 30.5 Å². The van der Waals surface area contributed by atoms with E-state index in [1.54, 1.807) is 0 Å².